The summed E-state index contributed by atoms with van der Waals surface area (Å²) < 4.78 is 22.6. The summed E-state index contributed by atoms with van der Waals surface area (Å²) in [7, 11) is 1.50. The Morgan fingerprint density at radius 3 is 2.56 bits per heavy atom. The van der Waals surface area contributed by atoms with Gasteiger partial charge in [0.25, 0.3) is 5.91 Å². The summed E-state index contributed by atoms with van der Waals surface area (Å²) in [4.78, 5) is 37.8. The normalized spacial score (nSPS) is 20.2. The predicted molar refractivity (Wildman–Crippen MR) is 142 cm³/mol. The smallest absolute Gasteiger partial charge is 0.255 e. The Hall–Kier alpha value is -3.86. The maximum atomic E-state index is 13.5. The molecule has 3 aliphatic rings. The van der Waals surface area contributed by atoms with E-state index in [-0.39, 0.29) is 37.3 Å². The highest BCUT2D eigenvalue weighted by molar-refractivity contribution is 6.09. The molecule has 0 spiro atoms. The summed E-state index contributed by atoms with van der Waals surface area (Å²) in [5, 5.41) is 6.17. The first-order chi connectivity index (χ1) is 19.0. The monoisotopic (exact) mass is 535 g/mol. The van der Waals surface area contributed by atoms with E-state index in [2.05, 4.69) is 25.6 Å². The molecule has 0 atom stereocenters. The minimum atomic E-state index is -0.182. The Balaban J connectivity index is 1.24. The number of benzene rings is 1. The topological polar surface area (TPSA) is 137 Å². The van der Waals surface area contributed by atoms with E-state index in [9.17, 15) is 9.59 Å². The van der Waals surface area contributed by atoms with Crippen LogP contribution in [-0.4, -0.2) is 66.0 Å². The molecule has 0 bridgehead atoms. The zero-order valence-corrected chi connectivity index (χ0v) is 22.2. The number of nitrogens with zero attached hydrogens (tertiary/aromatic N) is 2. The van der Waals surface area contributed by atoms with E-state index in [1.165, 1.54) is 26.3 Å². The van der Waals surface area contributed by atoms with Crippen LogP contribution in [0.5, 0.6) is 17.2 Å². The van der Waals surface area contributed by atoms with Gasteiger partial charge in [-0.15, -0.1) is 0 Å². The molecule has 3 N–H and O–H groups in total. The molecule has 2 saturated carbocycles. The summed E-state index contributed by atoms with van der Waals surface area (Å²) in [6.45, 7) is 2.68. The summed E-state index contributed by atoms with van der Waals surface area (Å²) in [6.07, 6.45) is 6.97. The van der Waals surface area contributed by atoms with Gasteiger partial charge >= 0.3 is 0 Å². The number of amides is 2. The standard InChI is InChI=1S/C28H33N5O6/c1-15-22(28(35)33-18-7-5-17(6-8-18)32-21(34)12-36-2)24-26(31-15)25(30-13-29-24)23-19(37-11-16-3-4-16)9-10-20-27(23)39-14-38-20/h9-10,13,16-18,31H,3-8,11-12,14H2,1-2H3,(H,32,34)(H,33,35)/t17-,18-. The molecule has 1 aromatic carbocycles. The number of aromatic amines is 1. The van der Waals surface area contributed by atoms with Gasteiger partial charge in [-0.1, -0.05) is 0 Å². The lowest BCUT2D eigenvalue weighted by molar-refractivity contribution is -0.125. The lowest BCUT2D eigenvalue weighted by Crippen LogP contribution is -2.44. The van der Waals surface area contributed by atoms with Crippen molar-refractivity contribution in [1.29, 1.82) is 0 Å². The number of aryl methyl sites for hydroxylation is 1. The van der Waals surface area contributed by atoms with E-state index in [0.717, 1.165) is 25.7 Å². The van der Waals surface area contributed by atoms with E-state index in [1.807, 2.05) is 19.1 Å². The van der Waals surface area contributed by atoms with Gasteiger partial charge in [0.2, 0.25) is 12.7 Å². The lowest BCUT2D eigenvalue weighted by atomic mass is 9.91. The molecule has 1 aliphatic heterocycles. The summed E-state index contributed by atoms with van der Waals surface area (Å²) >= 11 is 0. The number of hydrogen-bond acceptors (Lipinski definition) is 8. The van der Waals surface area contributed by atoms with Gasteiger partial charge < -0.3 is 34.6 Å². The van der Waals surface area contributed by atoms with Crippen LogP contribution in [0.3, 0.4) is 0 Å². The Morgan fingerprint density at radius 2 is 1.82 bits per heavy atom. The molecule has 3 aromatic rings. The van der Waals surface area contributed by atoms with Crippen molar-refractivity contribution in [2.24, 2.45) is 5.92 Å². The molecule has 206 valence electrons. The minimum Gasteiger partial charge on any atom is -0.492 e. The molecule has 2 fully saturated rings. The van der Waals surface area contributed by atoms with E-state index < -0.39 is 0 Å². The Kier molecular flexibility index (Phi) is 6.99. The predicted octanol–water partition coefficient (Wildman–Crippen LogP) is 3.25. The molecule has 0 saturated heterocycles. The molecule has 0 radical (unpaired) electrons. The molecule has 6 rings (SSSR count). The fourth-order valence-electron chi connectivity index (χ4n) is 5.42. The number of nitrogens with one attached hydrogen (secondary N) is 3. The minimum absolute atomic E-state index is 0.0177. The fraction of sp³-hybridized carbons (Fsp3) is 0.500. The second-order valence-electron chi connectivity index (χ2n) is 10.5. The Labute approximate surface area is 226 Å². The molecule has 3 heterocycles. The van der Waals surface area contributed by atoms with Gasteiger partial charge in [-0.25, -0.2) is 9.97 Å². The quantitative estimate of drug-likeness (QED) is 0.380. The number of fused-ring (bicyclic) bond motifs is 2. The van der Waals surface area contributed by atoms with Gasteiger partial charge in [0.15, 0.2) is 11.5 Å². The van der Waals surface area contributed by atoms with Gasteiger partial charge in [0.1, 0.15) is 29.9 Å². The van der Waals surface area contributed by atoms with Crippen LogP contribution in [0.4, 0.5) is 0 Å². The molecule has 2 aliphatic carbocycles. The van der Waals surface area contributed by atoms with E-state index in [4.69, 9.17) is 18.9 Å². The summed E-state index contributed by atoms with van der Waals surface area (Å²) in [6, 6.07) is 3.85. The maximum absolute atomic E-state index is 13.5. The highest BCUT2D eigenvalue weighted by Crippen LogP contribution is 2.48. The highest BCUT2D eigenvalue weighted by atomic mass is 16.7. The summed E-state index contributed by atoms with van der Waals surface area (Å²) in [5.41, 5.74) is 3.68. The largest absolute Gasteiger partial charge is 0.492 e. The number of methoxy groups -OCH3 is 1. The molecule has 0 unspecified atom stereocenters. The van der Waals surface area contributed by atoms with Crippen molar-refractivity contribution in [3.05, 3.63) is 29.7 Å². The van der Waals surface area contributed by atoms with Crippen LogP contribution in [0.15, 0.2) is 18.5 Å². The molecular formula is C28H33N5O6. The fourth-order valence-corrected chi connectivity index (χ4v) is 5.42. The van der Waals surface area contributed by atoms with Crippen LogP contribution in [0.1, 0.15) is 54.6 Å². The summed E-state index contributed by atoms with van der Waals surface area (Å²) in [5.74, 6) is 2.16. The average Bonchev–Trinajstić information content (AvgIpc) is 3.51. The van der Waals surface area contributed by atoms with Crippen LogP contribution in [0.25, 0.3) is 22.3 Å². The molecular weight excluding hydrogens is 502 g/mol. The molecule has 39 heavy (non-hydrogen) atoms. The van der Waals surface area contributed by atoms with Crippen molar-refractivity contribution in [2.75, 3.05) is 27.1 Å². The van der Waals surface area contributed by atoms with Gasteiger partial charge in [0.05, 0.1) is 23.3 Å². The lowest BCUT2D eigenvalue weighted by Gasteiger charge is -2.29. The number of aromatic nitrogens is 3. The third-order valence-corrected chi connectivity index (χ3v) is 7.61. The Morgan fingerprint density at radius 1 is 1.05 bits per heavy atom. The average molecular weight is 536 g/mol. The van der Waals surface area contributed by atoms with Crippen LogP contribution in [-0.2, 0) is 9.53 Å². The van der Waals surface area contributed by atoms with Crippen molar-refractivity contribution >= 4 is 22.8 Å². The number of carbonyl (C=O) groups excluding carboxylic acids is 2. The number of carbonyl (C=O) groups is 2. The third-order valence-electron chi connectivity index (χ3n) is 7.61. The van der Waals surface area contributed by atoms with Crippen LogP contribution < -0.4 is 24.8 Å². The first kappa shape index (κ1) is 25.4. The van der Waals surface area contributed by atoms with Crippen LogP contribution in [0.2, 0.25) is 0 Å². The molecule has 11 nitrogen and oxygen atoms in total. The second-order valence-corrected chi connectivity index (χ2v) is 10.5. The second kappa shape index (κ2) is 10.7. The van der Waals surface area contributed by atoms with Crippen molar-refractivity contribution < 1.29 is 28.5 Å². The number of H-pyrrole nitrogens is 1. The van der Waals surface area contributed by atoms with Crippen molar-refractivity contribution in [3.63, 3.8) is 0 Å². The first-order valence-electron chi connectivity index (χ1n) is 13.5. The third kappa shape index (κ3) is 5.23. The number of ether oxygens (including phenoxy) is 4. The van der Waals surface area contributed by atoms with E-state index in [1.54, 1.807) is 0 Å². The Bertz CT molecular complexity index is 1390. The number of hydrogen-bond donors (Lipinski definition) is 3. The number of rotatable bonds is 9. The SMILES string of the molecule is COCC(=O)N[C@H]1CC[C@H](NC(=O)c2c(C)[nH]c3c(-c4c(OCC5CC5)ccc5c4OCO5)ncnc23)CC1. The van der Waals surface area contributed by atoms with Gasteiger partial charge in [-0.2, -0.15) is 0 Å². The zero-order valence-electron chi connectivity index (χ0n) is 22.2. The highest BCUT2D eigenvalue weighted by Gasteiger charge is 2.30. The molecule has 11 heteroatoms. The van der Waals surface area contributed by atoms with Crippen molar-refractivity contribution in [2.45, 2.75) is 57.5 Å². The van der Waals surface area contributed by atoms with E-state index in [0.29, 0.717) is 63.3 Å². The molecule has 2 amide bonds. The van der Waals surface area contributed by atoms with Gasteiger partial charge in [0, 0.05) is 24.9 Å². The zero-order chi connectivity index (χ0) is 26.9. The van der Waals surface area contributed by atoms with Crippen molar-refractivity contribution in [1.82, 2.24) is 25.6 Å². The molecule has 2 aromatic heterocycles. The maximum Gasteiger partial charge on any atom is 0.255 e. The van der Waals surface area contributed by atoms with Crippen molar-refractivity contribution in [3.8, 4) is 28.5 Å². The van der Waals surface area contributed by atoms with Gasteiger partial charge in [-0.05, 0) is 63.5 Å². The van der Waals surface area contributed by atoms with Crippen LogP contribution in [0, 0.1) is 12.8 Å². The first-order valence-corrected chi connectivity index (χ1v) is 13.5. The van der Waals surface area contributed by atoms with E-state index >= 15 is 0 Å². The van der Waals surface area contributed by atoms with Gasteiger partial charge in [-0.3, -0.25) is 9.59 Å². The van der Waals surface area contributed by atoms with Crippen LogP contribution >= 0.6 is 0 Å².